The third kappa shape index (κ3) is 4.93. The van der Waals surface area contributed by atoms with Crippen LogP contribution in [0.2, 0.25) is 0 Å². The van der Waals surface area contributed by atoms with Gasteiger partial charge in [0.25, 0.3) is 17.3 Å². The number of allylic oxidation sites excluding steroid dienone is 2. The number of fused-ring (bicyclic) bond motifs is 1. The Morgan fingerprint density at radius 1 is 1.05 bits per heavy atom. The number of pyridine rings is 3. The van der Waals surface area contributed by atoms with E-state index in [0.29, 0.717) is 22.3 Å². The molecule has 0 saturated carbocycles. The molecule has 0 bridgehead atoms. The minimum absolute atomic E-state index is 0.0211. The lowest BCUT2D eigenvalue weighted by atomic mass is 10.1. The average Bonchev–Trinajstić information content (AvgIpc) is 3.43. The first kappa shape index (κ1) is 25.9. The Morgan fingerprint density at radius 3 is 2.56 bits per heavy atom. The van der Waals surface area contributed by atoms with Gasteiger partial charge in [0.2, 0.25) is 0 Å². The predicted molar refractivity (Wildman–Crippen MR) is 145 cm³/mol. The van der Waals surface area contributed by atoms with Crippen LogP contribution in [0.5, 0.6) is 23.1 Å². The number of methoxy groups -OCH3 is 2. The zero-order valence-corrected chi connectivity index (χ0v) is 22.0. The van der Waals surface area contributed by atoms with Gasteiger partial charge in [0.15, 0.2) is 23.1 Å². The van der Waals surface area contributed by atoms with E-state index in [4.69, 9.17) is 14.2 Å². The molecular weight excluding hydrogens is 503 g/mol. The number of hydrogen-bond donors (Lipinski definition) is 1. The molecule has 200 valence electrons. The van der Waals surface area contributed by atoms with Crippen LogP contribution in [0.4, 0.5) is 10.1 Å². The summed E-state index contributed by atoms with van der Waals surface area (Å²) in [5.41, 5.74) is 2.86. The number of rotatable bonds is 7. The molecule has 1 aliphatic rings. The lowest BCUT2D eigenvalue weighted by molar-refractivity contribution is 0.102. The number of aryl methyl sites for hydroxylation is 2. The summed E-state index contributed by atoms with van der Waals surface area (Å²) in [6, 6.07) is 9.04. The molecule has 1 N–H and O–H groups in total. The van der Waals surface area contributed by atoms with Crippen molar-refractivity contribution in [2.45, 2.75) is 33.1 Å². The maximum Gasteiger partial charge on any atom is 0.268 e. The molecule has 1 amide bonds. The van der Waals surface area contributed by atoms with Crippen molar-refractivity contribution in [3.63, 3.8) is 0 Å². The Balaban J connectivity index is 1.41. The second kappa shape index (κ2) is 10.6. The number of hydrogen-bond acceptors (Lipinski definition) is 7. The standard InChI is InChI=1S/C29H27FN4O5/c1-16-13-17(2)34(19-7-5-6-8-19)29(36)25(16)27(35)32-18-9-10-22(20(30)14-18)39-23-11-12-31-21-15-24(37-3)28(38-4)33-26(21)23/h7,9-15H,5-6,8H2,1-4H3,(H,32,35). The fourth-order valence-corrected chi connectivity index (χ4v) is 4.74. The first-order valence-electron chi connectivity index (χ1n) is 12.4. The van der Waals surface area contributed by atoms with Crippen LogP contribution in [0.1, 0.15) is 40.9 Å². The van der Waals surface area contributed by atoms with Crippen LogP contribution in [0.25, 0.3) is 16.7 Å². The fraction of sp³-hybridized carbons (Fsp3) is 0.241. The largest absolute Gasteiger partial charge is 0.491 e. The van der Waals surface area contributed by atoms with Gasteiger partial charge in [-0.2, -0.15) is 0 Å². The molecular formula is C29H27FN4O5. The molecule has 0 radical (unpaired) electrons. The fourth-order valence-electron chi connectivity index (χ4n) is 4.74. The summed E-state index contributed by atoms with van der Waals surface area (Å²) in [7, 11) is 2.95. The van der Waals surface area contributed by atoms with Gasteiger partial charge in [-0.1, -0.05) is 6.08 Å². The van der Waals surface area contributed by atoms with Gasteiger partial charge >= 0.3 is 0 Å². The molecule has 3 heterocycles. The van der Waals surface area contributed by atoms with E-state index in [1.807, 2.05) is 19.1 Å². The summed E-state index contributed by atoms with van der Waals surface area (Å²) in [5, 5.41) is 2.65. The van der Waals surface area contributed by atoms with Crippen LogP contribution in [-0.2, 0) is 0 Å². The molecule has 0 unspecified atom stereocenters. The zero-order chi connectivity index (χ0) is 27.7. The molecule has 1 aromatic carbocycles. The highest BCUT2D eigenvalue weighted by atomic mass is 19.1. The van der Waals surface area contributed by atoms with Gasteiger partial charge in [0.1, 0.15) is 11.1 Å². The smallest absolute Gasteiger partial charge is 0.268 e. The number of carbonyl (C=O) groups excluding carboxylic acids is 1. The van der Waals surface area contributed by atoms with Crippen LogP contribution in [0, 0.1) is 19.7 Å². The quantitative estimate of drug-likeness (QED) is 0.330. The van der Waals surface area contributed by atoms with Crippen molar-refractivity contribution in [1.82, 2.24) is 14.5 Å². The van der Waals surface area contributed by atoms with Crippen molar-refractivity contribution in [2.24, 2.45) is 0 Å². The highest BCUT2D eigenvalue weighted by molar-refractivity contribution is 6.05. The predicted octanol–water partition coefficient (Wildman–Crippen LogP) is 5.63. The molecule has 0 spiro atoms. The number of anilines is 1. The van der Waals surface area contributed by atoms with Crippen LogP contribution < -0.4 is 25.1 Å². The van der Waals surface area contributed by atoms with Gasteiger partial charge in [-0.3, -0.25) is 19.1 Å². The van der Waals surface area contributed by atoms with Gasteiger partial charge in [-0.25, -0.2) is 9.37 Å². The van der Waals surface area contributed by atoms with Crippen molar-refractivity contribution in [3.8, 4) is 23.1 Å². The van der Waals surface area contributed by atoms with Gasteiger partial charge in [-0.05, 0) is 56.9 Å². The average molecular weight is 531 g/mol. The SMILES string of the molecule is COc1cc2nccc(Oc3ccc(NC(=O)c4c(C)cc(C)n(C5=CCCC5)c4=O)cc3F)c2nc1OC. The Hall–Kier alpha value is -4.73. The highest BCUT2D eigenvalue weighted by Crippen LogP contribution is 2.35. The van der Waals surface area contributed by atoms with Gasteiger partial charge < -0.3 is 19.5 Å². The molecule has 0 aliphatic heterocycles. The molecule has 39 heavy (non-hydrogen) atoms. The molecule has 1 aliphatic carbocycles. The summed E-state index contributed by atoms with van der Waals surface area (Å²) >= 11 is 0. The Bertz CT molecular complexity index is 1700. The first-order chi connectivity index (χ1) is 18.8. The van der Waals surface area contributed by atoms with E-state index >= 15 is 4.39 Å². The van der Waals surface area contributed by atoms with E-state index in [2.05, 4.69) is 15.3 Å². The van der Waals surface area contributed by atoms with Crippen LogP contribution in [-0.4, -0.2) is 34.7 Å². The summed E-state index contributed by atoms with van der Waals surface area (Å²) in [4.78, 5) is 35.1. The monoisotopic (exact) mass is 530 g/mol. The Morgan fingerprint density at radius 2 is 1.87 bits per heavy atom. The summed E-state index contributed by atoms with van der Waals surface area (Å²) in [5.74, 6) is -0.518. The van der Waals surface area contributed by atoms with E-state index in [0.717, 1.165) is 36.7 Å². The normalized spacial score (nSPS) is 12.8. The second-order valence-corrected chi connectivity index (χ2v) is 9.15. The number of amides is 1. The number of ether oxygens (including phenoxy) is 3. The third-order valence-electron chi connectivity index (χ3n) is 6.55. The summed E-state index contributed by atoms with van der Waals surface area (Å²) in [6.45, 7) is 3.56. The summed E-state index contributed by atoms with van der Waals surface area (Å²) < 4.78 is 33.0. The van der Waals surface area contributed by atoms with Gasteiger partial charge in [-0.15, -0.1) is 0 Å². The highest BCUT2D eigenvalue weighted by Gasteiger charge is 2.21. The summed E-state index contributed by atoms with van der Waals surface area (Å²) in [6.07, 6.45) is 6.18. The van der Waals surface area contributed by atoms with E-state index in [1.54, 1.807) is 23.6 Å². The minimum Gasteiger partial charge on any atom is -0.491 e. The topological polar surface area (TPSA) is 105 Å². The zero-order valence-electron chi connectivity index (χ0n) is 22.0. The van der Waals surface area contributed by atoms with E-state index in [-0.39, 0.29) is 34.2 Å². The molecule has 5 rings (SSSR count). The molecule has 0 fully saturated rings. The van der Waals surface area contributed by atoms with Gasteiger partial charge in [0.05, 0.1) is 19.7 Å². The molecule has 3 aromatic heterocycles. The van der Waals surface area contributed by atoms with Crippen molar-refractivity contribution in [1.29, 1.82) is 0 Å². The molecule has 0 saturated heterocycles. The number of carbonyl (C=O) groups is 1. The second-order valence-electron chi connectivity index (χ2n) is 9.15. The van der Waals surface area contributed by atoms with Crippen molar-refractivity contribution in [3.05, 3.63) is 81.7 Å². The molecule has 0 atom stereocenters. The van der Waals surface area contributed by atoms with E-state index < -0.39 is 11.7 Å². The van der Waals surface area contributed by atoms with Crippen LogP contribution in [0.3, 0.4) is 0 Å². The number of aromatic nitrogens is 3. The molecule has 10 heteroatoms. The number of nitrogens with zero attached hydrogens (tertiary/aromatic N) is 3. The Labute approximate surface area is 223 Å². The number of benzene rings is 1. The minimum atomic E-state index is -0.715. The lowest BCUT2D eigenvalue weighted by Gasteiger charge is -2.16. The van der Waals surface area contributed by atoms with Gasteiger partial charge in [0, 0.05) is 41.5 Å². The number of halogens is 1. The maximum atomic E-state index is 15.1. The van der Waals surface area contributed by atoms with Crippen molar-refractivity contribution >= 4 is 28.3 Å². The van der Waals surface area contributed by atoms with Crippen molar-refractivity contribution in [2.75, 3.05) is 19.5 Å². The molecule has 9 nitrogen and oxygen atoms in total. The lowest BCUT2D eigenvalue weighted by Crippen LogP contribution is -2.31. The van der Waals surface area contributed by atoms with Crippen LogP contribution in [0.15, 0.2) is 53.5 Å². The third-order valence-corrected chi connectivity index (χ3v) is 6.55. The van der Waals surface area contributed by atoms with E-state index in [9.17, 15) is 9.59 Å². The molecule has 4 aromatic rings. The van der Waals surface area contributed by atoms with Crippen LogP contribution >= 0.6 is 0 Å². The van der Waals surface area contributed by atoms with E-state index in [1.165, 1.54) is 32.5 Å². The van der Waals surface area contributed by atoms with Crippen molar-refractivity contribution < 1.29 is 23.4 Å². The first-order valence-corrected chi connectivity index (χ1v) is 12.4. The number of nitrogens with one attached hydrogen (secondary N) is 1. The maximum absolute atomic E-state index is 15.1. The Kier molecular flexibility index (Phi) is 7.02.